The van der Waals surface area contributed by atoms with Gasteiger partial charge >= 0.3 is 6.03 Å². The van der Waals surface area contributed by atoms with Crippen LogP contribution in [0.4, 0.5) is 9.18 Å². The zero-order chi connectivity index (χ0) is 24.9. The van der Waals surface area contributed by atoms with Crippen molar-refractivity contribution < 1.29 is 19.1 Å². The normalized spacial score (nSPS) is 21.5. The largest absolute Gasteiger partial charge is 0.394 e. The van der Waals surface area contributed by atoms with Crippen molar-refractivity contribution in [2.45, 2.75) is 69.4 Å². The smallest absolute Gasteiger partial charge is 0.318 e. The number of carbonyl (C=O) groups is 2. The van der Waals surface area contributed by atoms with E-state index in [4.69, 9.17) is 0 Å². The Bertz CT molecular complexity index is 1070. The summed E-state index contributed by atoms with van der Waals surface area (Å²) < 4.78 is 14.2. The Hall–Kier alpha value is -2.52. The Labute approximate surface area is 201 Å². The molecule has 7 nitrogen and oxygen atoms in total. The van der Waals surface area contributed by atoms with Crippen molar-refractivity contribution >= 4 is 25.8 Å². The number of amides is 3. The van der Waals surface area contributed by atoms with E-state index in [2.05, 4.69) is 35.3 Å². The second kappa shape index (κ2) is 8.60. The quantitative estimate of drug-likeness (QED) is 0.553. The molecule has 1 fully saturated rings. The predicted octanol–water partition coefficient (Wildman–Crippen LogP) is 3.75. The summed E-state index contributed by atoms with van der Waals surface area (Å²) in [6.45, 7) is 10.9. The first-order chi connectivity index (χ1) is 15.9. The van der Waals surface area contributed by atoms with Crippen LogP contribution in [0, 0.1) is 5.82 Å². The summed E-state index contributed by atoms with van der Waals surface area (Å²) in [7, 11) is -1.72. The molecule has 0 spiro atoms. The van der Waals surface area contributed by atoms with Gasteiger partial charge in [0.25, 0.3) is 0 Å². The van der Waals surface area contributed by atoms with Gasteiger partial charge in [-0.2, -0.15) is 0 Å². The number of carbonyl (C=O) groups excluding carboxylic acids is 2. The summed E-state index contributed by atoms with van der Waals surface area (Å²) in [5, 5.41) is 15.5. The molecule has 184 valence electrons. The van der Waals surface area contributed by atoms with Crippen molar-refractivity contribution in [3.63, 3.8) is 0 Å². The number of aliphatic imine (C=N–C) groups is 1. The monoisotopic (exact) mass is 486 g/mol. The maximum Gasteiger partial charge on any atom is 0.318 e. The highest BCUT2D eigenvalue weighted by Crippen LogP contribution is 2.55. The van der Waals surface area contributed by atoms with Crippen molar-refractivity contribution in [1.29, 1.82) is 0 Å². The van der Waals surface area contributed by atoms with Gasteiger partial charge in [-0.1, -0.05) is 44.3 Å². The van der Waals surface area contributed by atoms with E-state index in [-0.39, 0.29) is 16.5 Å². The van der Waals surface area contributed by atoms with Crippen molar-refractivity contribution in [1.82, 2.24) is 15.5 Å². The predicted molar refractivity (Wildman–Crippen MR) is 133 cm³/mol. The Morgan fingerprint density at radius 1 is 1.24 bits per heavy atom. The van der Waals surface area contributed by atoms with Crippen molar-refractivity contribution in [2.24, 2.45) is 4.99 Å². The number of aliphatic hydroxyl groups excluding tert-OH is 1. The molecule has 1 saturated carbocycles. The maximum atomic E-state index is 14.2. The summed E-state index contributed by atoms with van der Waals surface area (Å²) in [5.41, 5.74) is 1.49. The average molecular weight is 487 g/mol. The number of aliphatic hydroxyl groups is 1. The maximum absolute atomic E-state index is 14.2. The summed E-state index contributed by atoms with van der Waals surface area (Å²) in [6.07, 6.45) is 2.92. The third-order valence-corrected chi connectivity index (χ3v) is 11.7. The lowest BCUT2D eigenvalue weighted by molar-refractivity contribution is -0.125. The fraction of sp³-hybridized carbons (Fsp3) is 0.560. The molecule has 1 unspecified atom stereocenters. The van der Waals surface area contributed by atoms with Crippen molar-refractivity contribution in [3.8, 4) is 0 Å². The van der Waals surface area contributed by atoms with Gasteiger partial charge in [0.15, 0.2) is 0 Å². The van der Waals surface area contributed by atoms with Crippen LogP contribution in [0.15, 0.2) is 40.4 Å². The Morgan fingerprint density at radius 2 is 1.91 bits per heavy atom. The summed E-state index contributed by atoms with van der Waals surface area (Å²) in [6, 6.07) is 4.84. The first-order valence-corrected chi connectivity index (χ1v) is 15.4. The number of rotatable bonds is 5. The van der Waals surface area contributed by atoms with Crippen LogP contribution >= 0.6 is 0 Å². The Balaban J connectivity index is 1.49. The van der Waals surface area contributed by atoms with Crippen molar-refractivity contribution in [3.05, 3.63) is 46.8 Å². The summed E-state index contributed by atoms with van der Waals surface area (Å²) in [5.74, 6) is 0.152. The molecular weight excluding hydrogens is 451 g/mol. The van der Waals surface area contributed by atoms with E-state index in [1.54, 1.807) is 23.1 Å². The minimum Gasteiger partial charge on any atom is -0.394 e. The van der Waals surface area contributed by atoms with Gasteiger partial charge < -0.3 is 20.6 Å². The van der Waals surface area contributed by atoms with Gasteiger partial charge in [0, 0.05) is 16.2 Å². The number of halogens is 1. The van der Waals surface area contributed by atoms with E-state index in [1.165, 1.54) is 6.07 Å². The van der Waals surface area contributed by atoms with E-state index in [9.17, 15) is 19.1 Å². The highest BCUT2D eigenvalue weighted by molar-refractivity contribution is 6.82. The molecule has 3 amide bonds. The number of hydrogen-bond donors (Lipinski definition) is 3. The minimum atomic E-state index is -1.72. The van der Waals surface area contributed by atoms with Crippen molar-refractivity contribution in [2.75, 3.05) is 19.7 Å². The first kappa shape index (κ1) is 24.6. The Kier molecular flexibility index (Phi) is 6.22. The van der Waals surface area contributed by atoms with Gasteiger partial charge in [-0.25, -0.2) is 9.18 Å². The highest BCUT2D eigenvalue weighted by atomic mass is 28.3. The molecule has 4 rings (SSSR count). The molecule has 2 aliphatic heterocycles. The zero-order valence-electron chi connectivity index (χ0n) is 20.7. The lowest BCUT2D eigenvalue weighted by Gasteiger charge is -2.49. The number of nitrogens with one attached hydrogen (secondary N) is 2. The minimum absolute atomic E-state index is 0.0611. The standard InChI is InChI=1S/C25H35FN4O3Si/c1-24(2)18-13-27-21(29-22(32)25(11-8-12-25)34(3,4)5)17(18)14-30(24)23(33)28-20(15-31)16-9-6-7-10-19(16)26/h6-7,9-10,20,31H,8,11-15H2,1-5H3,(H,28,33)(H,27,29,32). The molecule has 1 aromatic rings. The topological polar surface area (TPSA) is 94.0 Å². The summed E-state index contributed by atoms with van der Waals surface area (Å²) >= 11 is 0. The number of nitrogens with zero attached hydrogens (tertiary/aromatic N) is 2. The lowest BCUT2D eigenvalue weighted by atomic mass is 9.83. The molecule has 3 aliphatic rings. The second-order valence-electron chi connectivity index (χ2n) is 11.1. The molecule has 0 bridgehead atoms. The molecular formula is C25H35FN4O3Si. The molecule has 2 heterocycles. The first-order valence-electron chi connectivity index (χ1n) is 11.9. The second-order valence-corrected chi connectivity index (χ2v) is 16.6. The van der Waals surface area contributed by atoms with Gasteiger partial charge in [-0.05, 0) is 38.3 Å². The van der Waals surface area contributed by atoms with Crippen LogP contribution in [0.1, 0.15) is 44.7 Å². The molecule has 34 heavy (non-hydrogen) atoms. The number of amidine groups is 1. The SMILES string of the molecule is CC1(C)C2=C(CN1C(=O)NC(CO)c1ccccc1F)C(NC(=O)C1([Si](C)(C)C)CCC1)=NC2. The number of benzene rings is 1. The van der Waals surface area contributed by atoms with Crippen LogP contribution in [0.2, 0.25) is 24.7 Å². The molecule has 0 saturated heterocycles. The van der Waals surface area contributed by atoms with E-state index < -0.39 is 38.1 Å². The Morgan fingerprint density at radius 3 is 2.47 bits per heavy atom. The third-order valence-electron chi connectivity index (χ3n) is 8.09. The van der Waals surface area contributed by atoms with Gasteiger partial charge in [-0.3, -0.25) is 9.79 Å². The van der Waals surface area contributed by atoms with Gasteiger partial charge in [0.1, 0.15) is 11.7 Å². The van der Waals surface area contributed by atoms with Crippen LogP contribution in [0.25, 0.3) is 0 Å². The van der Waals surface area contributed by atoms with Crippen LogP contribution < -0.4 is 10.6 Å². The molecule has 9 heteroatoms. The van der Waals surface area contributed by atoms with E-state index in [1.807, 2.05) is 13.8 Å². The fourth-order valence-corrected chi connectivity index (χ4v) is 8.06. The number of hydrogen-bond acceptors (Lipinski definition) is 4. The zero-order valence-corrected chi connectivity index (χ0v) is 21.7. The third kappa shape index (κ3) is 3.88. The lowest BCUT2D eigenvalue weighted by Crippen LogP contribution is -2.55. The van der Waals surface area contributed by atoms with Crippen LogP contribution in [-0.4, -0.2) is 61.1 Å². The average Bonchev–Trinajstić information content (AvgIpc) is 3.23. The molecule has 0 radical (unpaired) electrons. The highest BCUT2D eigenvalue weighted by Gasteiger charge is 2.54. The van der Waals surface area contributed by atoms with Gasteiger partial charge in [-0.15, -0.1) is 0 Å². The number of urea groups is 1. The van der Waals surface area contributed by atoms with Crippen LogP contribution in [0.5, 0.6) is 0 Å². The van der Waals surface area contributed by atoms with E-state index in [0.717, 1.165) is 30.4 Å². The van der Waals surface area contributed by atoms with E-state index in [0.29, 0.717) is 18.9 Å². The van der Waals surface area contributed by atoms with Gasteiger partial charge in [0.2, 0.25) is 5.91 Å². The summed E-state index contributed by atoms with van der Waals surface area (Å²) in [4.78, 5) is 32.9. The molecule has 3 N–H and O–H groups in total. The van der Waals surface area contributed by atoms with Crippen LogP contribution in [0.3, 0.4) is 0 Å². The van der Waals surface area contributed by atoms with E-state index >= 15 is 0 Å². The molecule has 1 atom stereocenters. The molecule has 0 aromatic heterocycles. The van der Waals surface area contributed by atoms with Crippen LogP contribution in [-0.2, 0) is 4.79 Å². The van der Waals surface area contributed by atoms with Gasteiger partial charge in [0.05, 0.1) is 39.4 Å². The fourth-order valence-electron chi connectivity index (χ4n) is 5.47. The molecule has 1 aromatic carbocycles. The molecule has 1 aliphatic carbocycles.